The highest BCUT2D eigenvalue weighted by Gasteiger charge is 2.15. The zero-order valence-corrected chi connectivity index (χ0v) is 15.0. The van der Waals surface area contributed by atoms with E-state index in [0.717, 1.165) is 24.3 Å². The lowest BCUT2D eigenvalue weighted by atomic mass is 10.2. The summed E-state index contributed by atoms with van der Waals surface area (Å²) >= 11 is 1.32. The van der Waals surface area contributed by atoms with E-state index in [9.17, 15) is 8.42 Å². The highest BCUT2D eigenvalue weighted by Crippen LogP contribution is 2.21. The molecule has 0 saturated carbocycles. The standard InChI is InChI=1S/C14H27N3O2S2/c1-12(2)17(4)10-6-5-9-16-21(18,19)14-8-7-13(20-14)11-15-3/h7-8,12,15-16H,5-6,9-11H2,1-4H3. The molecule has 0 fully saturated rings. The normalized spacial score (nSPS) is 12.5. The molecule has 1 aromatic heterocycles. The minimum absolute atomic E-state index is 0.395. The minimum Gasteiger partial charge on any atom is -0.315 e. The summed E-state index contributed by atoms with van der Waals surface area (Å²) in [4.78, 5) is 3.29. The first-order valence-corrected chi connectivity index (χ1v) is 9.60. The van der Waals surface area contributed by atoms with Crippen LogP contribution in [0.3, 0.4) is 0 Å². The number of sulfonamides is 1. The summed E-state index contributed by atoms with van der Waals surface area (Å²) in [6.45, 7) is 6.49. The van der Waals surface area contributed by atoms with Gasteiger partial charge in [0.05, 0.1) is 0 Å². The molecule has 0 unspecified atom stereocenters. The van der Waals surface area contributed by atoms with Crippen molar-refractivity contribution in [3.8, 4) is 0 Å². The summed E-state index contributed by atoms with van der Waals surface area (Å²) in [7, 11) is 0.587. The smallest absolute Gasteiger partial charge is 0.250 e. The van der Waals surface area contributed by atoms with E-state index in [1.807, 2.05) is 13.1 Å². The molecular formula is C14H27N3O2S2. The number of thiophene rings is 1. The van der Waals surface area contributed by atoms with Gasteiger partial charge in [0.1, 0.15) is 4.21 Å². The van der Waals surface area contributed by atoms with Crippen LogP contribution in [0.5, 0.6) is 0 Å². The zero-order chi connectivity index (χ0) is 15.9. The van der Waals surface area contributed by atoms with Gasteiger partial charge in [0.25, 0.3) is 0 Å². The molecule has 2 N–H and O–H groups in total. The molecule has 0 aromatic carbocycles. The van der Waals surface area contributed by atoms with Crippen molar-refractivity contribution in [2.24, 2.45) is 0 Å². The predicted octanol–water partition coefficient (Wildman–Crippen LogP) is 1.87. The molecule has 1 rings (SSSR count). The highest BCUT2D eigenvalue weighted by atomic mass is 32.2. The van der Waals surface area contributed by atoms with Crippen LogP contribution in [-0.2, 0) is 16.6 Å². The van der Waals surface area contributed by atoms with Crippen LogP contribution in [0.4, 0.5) is 0 Å². The molecule has 0 amide bonds. The molecule has 21 heavy (non-hydrogen) atoms. The maximum absolute atomic E-state index is 12.1. The molecule has 122 valence electrons. The van der Waals surface area contributed by atoms with Crippen LogP contribution in [0.15, 0.2) is 16.3 Å². The number of nitrogens with one attached hydrogen (secondary N) is 2. The Morgan fingerprint density at radius 1 is 1.29 bits per heavy atom. The van der Waals surface area contributed by atoms with Crippen LogP contribution in [0, 0.1) is 0 Å². The maximum atomic E-state index is 12.1. The molecule has 0 aliphatic heterocycles. The first-order valence-electron chi connectivity index (χ1n) is 7.30. The van der Waals surface area contributed by atoms with Crippen molar-refractivity contribution in [3.63, 3.8) is 0 Å². The zero-order valence-electron chi connectivity index (χ0n) is 13.3. The van der Waals surface area contributed by atoms with E-state index in [2.05, 4.69) is 35.8 Å². The minimum atomic E-state index is -3.35. The van der Waals surface area contributed by atoms with Gasteiger partial charge in [-0.2, -0.15) is 0 Å². The molecule has 0 aliphatic carbocycles. The second-order valence-electron chi connectivity index (χ2n) is 5.43. The Morgan fingerprint density at radius 3 is 2.62 bits per heavy atom. The summed E-state index contributed by atoms with van der Waals surface area (Å²) < 4.78 is 27.3. The van der Waals surface area contributed by atoms with Crippen molar-refractivity contribution in [3.05, 3.63) is 17.0 Å². The van der Waals surface area contributed by atoms with E-state index in [0.29, 0.717) is 23.3 Å². The van der Waals surface area contributed by atoms with E-state index in [1.54, 1.807) is 6.07 Å². The average Bonchev–Trinajstić information content (AvgIpc) is 2.87. The fourth-order valence-corrected chi connectivity index (χ4v) is 4.28. The van der Waals surface area contributed by atoms with Crippen molar-refractivity contribution >= 4 is 21.4 Å². The van der Waals surface area contributed by atoms with E-state index in [-0.39, 0.29) is 0 Å². The summed E-state index contributed by atoms with van der Waals surface area (Å²) in [5, 5.41) is 3.02. The molecule has 0 bridgehead atoms. The SMILES string of the molecule is CNCc1ccc(S(=O)(=O)NCCCCN(C)C(C)C)s1. The van der Waals surface area contributed by atoms with Crippen molar-refractivity contribution in [2.75, 3.05) is 27.2 Å². The van der Waals surface area contributed by atoms with Gasteiger partial charge in [0.15, 0.2) is 0 Å². The lowest BCUT2D eigenvalue weighted by Crippen LogP contribution is -2.28. The topological polar surface area (TPSA) is 61.4 Å². The summed E-state index contributed by atoms with van der Waals surface area (Å²) in [6, 6.07) is 4.05. The quantitative estimate of drug-likeness (QED) is 0.642. The molecule has 0 radical (unpaired) electrons. The Balaban J connectivity index is 2.36. The van der Waals surface area contributed by atoms with E-state index in [4.69, 9.17) is 0 Å². The van der Waals surface area contributed by atoms with E-state index < -0.39 is 10.0 Å². The number of hydrogen-bond donors (Lipinski definition) is 2. The average molecular weight is 334 g/mol. The second kappa shape index (κ2) is 8.85. The molecule has 1 aromatic rings. The lowest BCUT2D eigenvalue weighted by Gasteiger charge is -2.20. The Kier molecular flexibility index (Phi) is 7.83. The van der Waals surface area contributed by atoms with Gasteiger partial charge >= 0.3 is 0 Å². The van der Waals surface area contributed by atoms with Crippen LogP contribution < -0.4 is 10.0 Å². The van der Waals surface area contributed by atoms with Gasteiger partial charge in [0, 0.05) is 24.0 Å². The third-order valence-corrected chi connectivity index (χ3v) is 6.40. The van der Waals surface area contributed by atoms with E-state index >= 15 is 0 Å². The van der Waals surface area contributed by atoms with Crippen molar-refractivity contribution in [2.45, 2.75) is 43.5 Å². The van der Waals surface area contributed by atoms with Crippen molar-refractivity contribution in [1.82, 2.24) is 14.9 Å². The predicted molar refractivity (Wildman–Crippen MR) is 89.3 cm³/mol. The van der Waals surface area contributed by atoms with Crippen LogP contribution >= 0.6 is 11.3 Å². The van der Waals surface area contributed by atoms with Gasteiger partial charge in [-0.3, -0.25) is 0 Å². The molecule has 1 heterocycles. The third kappa shape index (κ3) is 6.44. The molecule has 0 atom stereocenters. The second-order valence-corrected chi connectivity index (χ2v) is 8.59. The first-order chi connectivity index (χ1) is 9.86. The Bertz CT molecular complexity index is 512. The van der Waals surface area contributed by atoms with Crippen LogP contribution in [0.25, 0.3) is 0 Å². The first kappa shape index (κ1) is 18.6. The number of nitrogens with zero attached hydrogens (tertiary/aromatic N) is 1. The highest BCUT2D eigenvalue weighted by molar-refractivity contribution is 7.91. The largest absolute Gasteiger partial charge is 0.315 e. The fraction of sp³-hybridized carbons (Fsp3) is 0.714. The molecule has 0 saturated heterocycles. The maximum Gasteiger partial charge on any atom is 0.250 e. The Morgan fingerprint density at radius 2 is 2.00 bits per heavy atom. The van der Waals surface area contributed by atoms with Gasteiger partial charge in [-0.15, -0.1) is 11.3 Å². The molecular weight excluding hydrogens is 306 g/mol. The molecule has 7 heteroatoms. The molecule has 0 spiro atoms. The molecule has 5 nitrogen and oxygen atoms in total. The summed E-state index contributed by atoms with van der Waals surface area (Å²) in [5.41, 5.74) is 0. The lowest BCUT2D eigenvalue weighted by molar-refractivity contribution is 0.268. The van der Waals surface area contributed by atoms with E-state index in [1.165, 1.54) is 11.3 Å². The summed E-state index contributed by atoms with van der Waals surface area (Å²) in [6.07, 6.45) is 1.84. The Labute approximate surface area is 132 Å². The van der Waals surface area contributed by atoms with Gasteiger partial charge in [-0.1, -0.05) is 0 Å². The third-order valence-electron chi connectivity index (χ3n) is 3.36. The fourth-order valence-electron chi connectivity index (χ4n) is 1.79. The monoisotopic (exact) mass is 333 g/mol. The Hall–Kier alpha value is -0.470. The van der Waals surface area contributed by atoms with Gasteiger partial charge in [-0.05, 0) is 59.5 Å². The van der Waals surface area contributed by atoms with Crippen LogP contribution in [0.1, 0.15) is 31.6 Å². The number of unbranched alkanes of at least 4 members (excludes halogenated alkanes) is 1. The van der Waals surface area contributed by atoms with Crippen molar-refractivity contribution in [1.29, 1.82) is 0 Å². The summed E-state index contributed by atoms with van der Waals surface area (Å²) in [5.74, 6) is 0. The van der Waals surface area contributed by atoms with Gasteiger partial charge < -0.3 is 10.2 Å². The van der Waals surface area contributed by atoms with Gasteiger partial charge in [-0.25, -0.2) is 13.1 Å². The molecule has 0 aliphatic rings. The van der Waals surface area contributed by atoms with Gasteiger partial charge in [0.2, 0.25) is 10.0 Å². The number of hydrogen-bond acceptors (Lipinski definition) is 5. The van der Waals surface area contributed by atoms with Crippen LogP contribution in [-0.4, -0.2) is 46.5 Å². The van der Waals surface area contributed by atoms with Crippen molar-refractivity contribution < 1.29 is 8.42 Å². The number of rotatable bonds is 10. The van der Waals surface area contributed by atoms with Crippen LogP contribution in [0.2, 0.25) is 0 Å².